The van der Waals surface area contributed by atoms with Crippen molar-refractivity contribution in [2.75, 3.05) is 123 Å². The topological polar surface area (TPSA) is 203 Å². The highest BCUT2D eigenvalue weighted by molar-refractivity contribution is 5.96. The number of aliphatic hydroxyl groups is 2. The first-order valence-electron chi connectivity index (χ1n) is 25.3. The van der Waals surface area contributed by atoms with E-state index in [4.69, 9.17) is 47.4 Å². The molecule has 21 nitrogen and oxygen atoms in total. The number of carbonyl (C=O) groups is 3. The molecule has 0 aromatic heterocycles. The Morgan fingerprint density at radius 1 is 0.408 bits per heavy atom. The normalized spacial score (nSPS) is 22.0. The van der Waals surface area contributed by atoms with Crippen LogP contribution in [0.15, 0.2) is 60.7 Å². The summed E-state index contributed by atoms with van der Waals surface area (Å²) in [6.07, 6.45) is -1.36. The summed E-state index contributed by atoms with van der Waals surface area (Å²) in [5.74, 6) is 3.93. The standard InChI is InChI=1S/C55H72N6O15/c1-67-43-15-11-33(23-47(43)71-5)53(64)60-29-37(62)25-39(60)41-31-56(27-35-13-17-45(69-3)51(75-9)49(35)73-7)19-21-58(41)55(66)59-22-20-57(28-36-14-18-46(70-4)52(76-10)50(36)74-8)32-42(59)40-26-38(63)30-61(40)54(65)34-12-16-44(68-2)48(24-34)72-6/h11-18,23-24,37-42,62-63H,19-22,25-32H2,1-10H3/t37-,38?,39+,40?,41?,42?/m1/s1. The molecule has 4 aliphatic rings. The average Bonchev–Trinajstić information content (AvgIpc) is 4.08. The Bertz CT molecular complexity index is 2530. The number of piperazine rings is 2. The molecular weight excluding hydrogens is 985 g/mol. The van der Waals surface area contributed by atoms with E-state index in [0.717, 1.165) is 11.1 Å². The summed E-state index contributed by atoms with van der Waals surface area (Å²) in [7, 11) is 15.4. The van der Waals surface area contributed by atoms with Crippen molar-refractivity contribution in [2.45, 2.75) is 62.3 Å². The fraction of sp³-hybridized carbons (Fsp3) is 0.509. The van der Waals surface area contributed by atoms with Gasteiger partial charge in [-0.1, -0.05) is 12.1 Å². The zero-order valence-corrected chi connectivity index (χ0v) is 45.1. The van der Waals surface area contributed by atoms with Gasteiger partial charge < -0.3 is 77.2 Å². The van der Waals surface area contributed by atoms with Crippen molar-refractivity contribution < 1.29 is 72.0 Å². The first-order valence-corrected chi connectivity index (χ1v) is 25.3. The van der Waals surface area contributed by atoms with Crippen LogP contribution in [0.4, 0.5) is 4.79 Å². The number of hydrogen-bond donors (Lipinski definition) is 2. The quantitative estimate of drug-likeness (QED) is 0.144. The zero-order chi connectivity index (χ0) is 54.4. The number of urea groups is 1. The Labute approximate surface area is 444 Å². The van der Waals surface area contributed by atoms with E-state index in [1.54, 1.807) is 88.9 Å². The van der Waals surface area contributed by atoms with Gasteiger partial charge >= 0.3 is 6.03 Å². The fourth-order valence-electron chi connectivity index (χ4n) is 11.5. The number of rotatable bonds is 18. The van der Waals surface area contributed by atoms with Gasteiger partial charge in [0.25, 0.3) is 11.8 Å². The summed E-state index contributed by atoms with van der Waals surface area (Å²) in [6.45, 7) is 2.87. The maximum Gasteiger partial charge on any atom is 0.320 e. The number of hydrogen-bond acceptors (Lipinski definition) is 17. The maximum atomic E-state index is 16.0. The van der Waals surface area contributed by atoms with Crippen molar-refractivity contribution in [1.82, 2.24) is 29.4 Å². The van der Waals surface area contributed by atoms with Gasteiger partial charge in [-0.15, -0.1) is 0 Å². The van der Waals surface area contributed by atoms with Gasteiger partial charge in [-0.3, -0.25) is 19.4 Å². The number of likely N-dealkylation sites (tertiary alicyclic amines) is 2. The van der Waals surface area contributed by atoms with E-state index in [1.165, 1.54) is 28.4 Å². The van der Waals surface area contributed by atoms with Crippen LogP contribution in [0.5, 0.6) is 57.5 Å². The van der Waals surface area contributed by atoms with Crippen molar-refractivity contribution in [1.29, 1.82) is 0 Å². The average molecular weight is 1060 g/mol. The Balaban J connectivity index is 1.18. The summed E-state index contributed by atoms with van der Waals surface area (Å²) in [6, 6.07) is 14.6. The van der Waals surface area contributed by atoms with E-state index in [-0.39, 0.29) is 56.9 Å². The smallest absolute Gasteiger partial charge is 0.320 e. The molecule has 0 radical (unpaired) electrons. The molecule has 2 N–H and O–H groups in total. The second kappa shape index (κ2) is 24.3. The van der Waals surface area contributed by atoms with E-state index < -0.39 is 36.4 Å². The van der Waals surface area contributed by atoms with Crippen LogP contribution in [-0.4, -0.2) is 217 Å². The number of aliphatic hydroxyl groups excluding tert-OH is 2. The molecule has 21 heteroatoms. The van der Waals surface area contributed by atoms with Gasteiger partial charge in [0.2, 0.25) is 11.5 Å². The first-order chi connectivity index (χ1) is 36.8. The molecule has 0 aliphatic carbocycles. The van der Waals surface area contributed by atoms with E-state index in [9.17, 15) is 19.8 Å². The van der Waals surface area contributed by atoms with Gasteiger partial charge in [-0.05, 0) is 61.4 Å². The Morgan fingerprint density at radius 3 is 1.11 bits per heavy atom. The number of methoxy groups -OCH3 is 10. The Morgan fingerprint density at radius 2 is 0.763 bits per heavy atom. The van der Waals surface area contributed by atoms with E-state index in [1.807, 2.05) is 34.1 Å². The second-order valence-electron chi connectivity index (χ2n) is 19.2. The third-order valence-electron chi connectivity index (χ3n) is 15.2. The Hall–Kier alpha value is -7.07. The van der Waals surface area contributed by atoms with Crippen LogP contribution in [0.2, 0.25) is 0 Å². The SMILES string of the molecule is COc1ccc(C(=O)N2CC(O)CC2C2CN(Cc3ccc(OC)c(OC)c3OC)CCN2C(=O)N2CCN(Cc3ccc(OC)c(OC)c3OC)CC2[C@@H]2C[C@@H](O)CN2C(=O)c2ccc(OC)c(OC)c2)cc1OC. The van der Waals surface area contributed by atoms with Crippen LogP contribution in [0.25, 0.3) is 0 Å². The summed E-state index contributed by atoms with van der Waals surface area (Å²) >= 11 is 0. The predicted octanol–water partition coefficient (Wildman–Crippen LogP) is 4.12. The lowest BCUT2D eigenvalue weighted by Gasteiger charge is -2.51. The molecule has 6 atom stereocenters. The van der Waals surface area contributed by atoms with Crippen molar-refractivity contribution in [3.8, 4) is 57.5 Å². The number of amides is 4. The van der Waals surface area contributed by atoms with Crippen molar-refractivity contribution in [3.05, 3.63) is 82.9 Å². The van der Waals surface area contributed by atoms with Crippen molar-refractivity contribution in [3.63, 3.8) is 0 Å². The van der Waals surface area contributed by atoms with Crippen LogP contribution in [-0.2, 0) is 13.1 Å². The number of ether oxygens (including phenoxy) is 10. The summed E-state index contributed by atoms with van der Waals surface area (Å²) in [5, 5.41) is 23.0. The number of benzene rings is 4. The lowest BCUT2D eigenvalue weighted by molar-refractivity contribution is 0.00212. The molecule has 4 aromatic carbocycles. The summed E-state index contributed by atoms with van der Waals surface area (Å²) in [5.41, 5.74) is 2.31. The van der Waals surface area contributed by atoms with E-state index >= 15 is 4.79 Å². The van der Waals surface area contributed by atoms with Gasteiger partial charge in [-0.2, -0.15) is 0 Å². The molecule has 4 aliphatic heterocycles. The van der Waals surface area contributed by atoms with E-state index in [2.05, 4.69) is 9.80 Å². The molecule has 4 unspecified atom stereocenters. The number of carbonyl (C=O) groups excluding carboxylic acids is 3. The minimum Gasteiger partial charge on any atom is -0.493 e. The summed E-state index contributed by atoms with van der Waals surface area (Å²) < 4.78 is 56.6. The van der Waals surface area contributed by atoms with Crippen LogP contribution >= 0.6 is 0 Å². The van der Waals surface area contributed by atoms with Crippen molar-refractivity contribution in [2.24, 2.45) is 0 Å². The Kier molecular flexibility index (Phi) is 17.6. The van der Waals surface area contributed by atoms with Crippen LogP contribution in [0, 0.1) is 0 Å². The molecule has 4 amide bonds. The fourth-order valence-corrected chi connectivity index (χ4v) is 11.5. The highest BCUT2D eigenvalue weighted by Crippen LogP contribution is 2.43. The van der Waals surface area contributed by atoms with Gasteiger partial charge in [-0.25, -0.2) is 4.79 Å². The van der Waals surface area contributed by atoms with E-state index in [0.29, 0.717) is 108 Å². The number of nitrogens with zero attached hydrogens (tertiary/aromatic N) is 6. The van der Waals surface area contributed by atoms with Gasteiger partial charge in [0.15, 0.2) is 46.0 Å². The molecule has 0 saturated carbocycles. The molecule has 412 valence electrons. The predicted molar refractivity (Wildman–Crippen MR) is 279 cm³/mol. The zero-order valence-electron chi connectivity index (χ0n) is 45.1. The molecule has 4 fully saturated rings. The molecule has 4 aromatic rings. The maximum absolute atomic E-state index is 16.0. The minimum atomic E-state index is -0.881. The van der Waals surface area contributed by atoms with Crippen LogP contribution in [0.1, 0.15) is 44.7 Å². The third-order valence-corrected chi connectivity index (χ3v) is 15.2. The largest absolute Gasteiger partial charge is 0.493 e. The first kappa shape index (κ1) is 55.2. The van der Waals surface area contributed by atoms with Gasteiger partial charge in [0.1, 0.15) is 0 Å². The molecule has 76 heavy (non-hydrogen) atoms. The number of β-amino-alcohol motifs (C(OH)–C–C–N with tert-alkyl or cyclic N) is 2. The lowest BCUT2D eigenvalue weighted by Crippen LogP contribution is -2.68. The lowest BCUT2D eigenvalue weighted by atomic mass is 9.97. The van der Waals surface area contributed by atoms with Gasteiger partial charge in [0, 0.05) is 87.7 Å². The molecular formula is C55H72N6O15. The molecule has 0 spiro atoms. The van der Waals surface area contributed by atoms with Gasteiger partial charge in [0.05, 0.1) is 107 Å². The molecule has 8 rings (SSSR count). The molecule has 0 bridgehead atoms. The van der Waals surface area contributed by atoms with Crippen LogP contribution < -0.4 is 47.4 Å². The van der Waals surface area contributed by atoms with Crippen LogP contribution in [0.3, 0.4) is 0 Å². The monoisotopic (exact) mass is 1060 g/mol. The minimum absolute atomic E-state index is 0.0357. The second-order valence-corrected chi connectivity index (χ2v) is 19.2. The molecule has 4 saturated heterocycles. The molecule has 4 heterocycles. The highest BCUT2D eigenvalue weighted by Gasteiger charge is 2.50. The van der Waals surface area contributed by atoms with Crippen molar-refractivity contribution >= 4 is 17.8 Å². The highest BCUT2D eigenvalue weighted by atomic mass is 16.5. The third kappa shape index (κ3) is 11.0. The summed E-state index contributed by atoms with van der Waals surface area (Å²) in [4.78, 5) is 57.0.